The van der Waals surface area contributed by atoms with E-state index in [1.807, 2.05) is 0 Å². The fourth-order valence-corrected chi connectivity index (χ4v) is 1.40. The highest BCUT2D eigenvalue weighted by Crippen LogP contribution is 2.26. The third-order valence-electron chi connectivity index (χ3n) is 1.90. The molecule has 2 atom stereocenters. The lowest BCUT2D eigenvalue weighted by Gasteiger charge is -2.07. The highest BCUT2D eigenvalue weighted by molar-refractivity contribution is 5.66. The zero-order valence-electron chi connectivity index (χ0n) is 6.54. The molecule has 0 heterocycles. The van der Waals surface area contributed by atoms with Crippen molar-refractivity contribution in [3.05, 3.63) is 0 Å². The van der Waals surface area contributed by atoms with Crippen molar-refractivity contribution in [2.75, 3.05) is 0 Å². The first-order valence-electron chi connectivity index (χ1n) is 3.79. The fraction of sp³-hybridized carbons (Fsp3) is 0.750. The van der Waals surface area contributed by atoms with E-state index < -0.39 is 0 Å². The van der Waals surface area contributed by atoms with Crippen molar-refractivity contribution in [2.45, 2.75) is 32.3 Å². The van der Waals surface area contributed by atoms with Crippen LogP contribution < -0.4 is 0 Å². The number of nitriles is 1. The molecule has 3 heteroatoms. The highest BCUT2D eigenvalue weighted by Gasteiger charge is 2.26. The van der Waals surface area contributed by atoms with Crippen LogP contribution in [-0.4, -0.2) is 12.1 Å². The van der Waals surface area contributed by atoms with E-state index in [0.717, 1.165) is 19.3 Å². The average Bonchev–Trinajstić information content (AvgIpc) is 2.34. The van der Waals surface area contributed by atoms with Crippen molar-refractivity contribution >= 4 is 5.97 Å². The van der Waals surface area contributed by atoms with Gasteiger partial charge in [-0.2, -0.15) is 5.26 Å². The Morgan fingerprint density at radius 3 is 2.82 bits per heavy atom. The van der Waals surface area contributed by atoms with Gasteiger partial charge in [-0.3, -0.25) is 4.79 Å². The molecule has 1 aliphatic rings. The van der Waals surface area contributed by atoms with Crippen LogP contribution >= 0.6 is 0 Å². The summed E-state index contributed by atoms with van der Waals surface area (Å²) in [6.07, 6.45) is 2.43. The number of nitrogens with zero attached hydrogens (tertiary/aromatic N) is 1. The molecule has 0 amide bonds. The second kappa shape index (κ2) is 3.38. The van der Waals surface area contributed by atoms with Crippen molar-refractivity contribution in [3.63, 3.8) is 0 Å². The Hall–Kier alpha value is -1.04. The van der Waals surface area contributed by atoms with Crippen LogP contribution in [0.15, 0.2) is 0 Å². The summed E-state index contributed by atoms with van der Waals surface area (Å²) >= 11 is 0. The Kier molecular flexibility index (Phi) is 2.48. The van der Waals surface area contributed by atoms with E-state index >= 15 is 0 Å². The normalized spacial score (nSPS) is 29.5. The van der Waals surface area contributed by atoms with Gasteiger partial charge in [-0.15, -0.1) is 0 Å². The van der Waals surface area contributed by atoms with Crippen LogP contribution in [-0.2, 0) is 9.53 Å². The van der Waals surface area contributed by atoms with Gasteiger partial charge in [0, 0.05) is 19.3 Å². The van der Waals surface area contributed by atoms with E-state index in [1.165, 1.54) is 6.92 Å². The summed E-state index contributed by atoms with van der Waals surface area (Å²) in [5.74, 6) is -0.145. The summed E-state index contributed by atoms with van der Waals surface area (Å²) in [6, 6.07) is 2.18. The molecule has 3 nitrogen and oxygen atoms in total. The monoisotopic (exact) mass is 153 g/mol. The third kappa shape index (κ3) is 2.23. The van der Waals surface area contributed by atoms with Crippen molar-refractivity contribution in [2.24, 2.45) is 5.92 Å². The van der Waals surface area contributed by atoms with Crippen molar-refractivity contribution < 1.29 is 9.53 Å². The summed E-state index contributed by atoms with van der Waals surface area (Å²) in [5.41, 5.74) is 0. The van der Waals surface area contributed by atoms with E-state index in [0.29, 0.717) is 0 Å². The fourth-order valence-electron chi connectivity index (χ4n) is 1.40. The maximum absolute atomic E-state index is 10.5. The Bertz CT molecular complexity index is 195. The Labute approximate surface area is 66.0 Å². The molecule has 0 aromatic rings. The zero-order valence-corrected chi connectivity index (χ0v) is 6.54. The minimum absolute atomic E-state index is 0.00264. The lowest BCUT2D eigenvalue weighted by Crippen LogP contribution is -2.11. The van der Waals surface area contributed by atoms with E-state index in [-0.39, 0.29) is 18.0 Å². The lowest BCUT2D eigenvalue weighted by molar-refractivity contribution is -0.146. The largest absolute Gasteiger partial charge is 0.463 e. The minimum Gasteiger partial charge on any atom is -0.463 e. The molecule has 1 saturated carbocycles. The number of rotatable bonds is 1. The summed E-state index contributed by atoms with van der Waals surface area (Å²) in [4.78, 5) is 10.5. The van der Waals surface area contributed by atoms with Crippen molar-refractivity contribution in [1.82, 2.24) is 0 Å². The van der Waals surface area contributed by atoms with Crippen LogP contribution in [0.5, 0.6) is 0 Å². The molecule has 0 aromatic carbocycles. The molecule has 0 saturated heterocycles. The molecule has 1 aliphatic carbocycles. The topological polar surface area (TPSA) is 50.1 Å². The molecule has 0 N–H and O–H groups in total. The van der Waals surface area contributed by atoms with E-state index in [9.17, 15) is 4.79 Å². The maximum atomic E-state index is 10.5. The summed E-state index contributed by atoms with van der Waals surface area (Å²) in [6.45, 7) is 1.40. The molecular formula is C8H11NO2. The third-order valence-corrected chi connectivity index (χ3v) is 1.90. The van der Waals surface area contributed by atoms with Crippen LogP contribution in [0.1, 0.15) is 26.2 Å². The highest BCUT2D eigenvalue weighted by atomic mass is 16.5. The Morgan fingerprint density at radius 1 is 1.64 bits per heavy atom. The number of carbonyl (C=O) groups is 1. The van der Waals surface area contributed by atoms with Gasteiger partial charge in [0.15, 0.2) is 0 Å². The summed E-state index contributed by atoms with van der Waals surface area (Å²) < 4.78 is 4.95. The van der Waals surface area contributed by atoms with Crippen LogP contribution in [0.4, 0.5) is 0 Å². The molecule has 60 valence electrons. The first kappa shape index (κ1) is 8.06. The van der Waals surface area contributed by atoms with E-state index in [2.05, 4.69) is 6.07 Å². The molecular weight excluding hydrogens is 142 g/mol. The minimum atomic E-state index is -0.242. The average molecular weight is 153 g/mol. The van der Waals surface area contributed by atoms with Crippen LogP contribution in [0, 0.1) is 17.2 Å². The van der Waals surface area contributed by atoms with Gasteiger partial charge >= 0.3 is 5.97 Å². The molecule has 1 rings (SSSR count). The quantitative estimate of drug-likeness (QED) is 0.532. The van der Waals surface area contributed by atoms with E-state index in [4.69, 9.17) is 10.00 Å². The van der Waals surface area contributed by atoms with Crippen LogP contribution in [0.25, 0.3) is 0 Å². The van der Waals surface area contributed by atoms with Crippen LogP contribution in [0.3, 0.4) is 0 Å². The molecule has 0 spiro atoms. The van der Waals surface area contributed by atoms with Gasteiger partial charge < -0.3 is 4.74 Å². The second-order valence-electron chi connectivity index (χ2n) is 2.87. The predicted molar refractivity (Wildman–Crippen MR) is 38.5 cm³/mol. The first-order valence-corrected chi connectivity index (χ1v) is 3.79. The molecule has 11 heavy (non-hydrogen) atoms. The molecule has 0 aromatic heterocycles. The van der Waals surface area contributed by atoms with Crippen molar-refractivity contribution in [1.29, 1.82) is 5.26 Å². The summed E-state index contributed by atoms with van der Waals surface area (Å²) in [7, 11) is 0. The number of hydrogen-bond donors (Lipinski definition) is 0. The number of hydrogen-bond acceptors (Lipinski definition) is 3. The van der Waals surface area contributed by atoms with Gasteiger partial charge in [0.25, 0.3) is 0 Å². The van der Waals surface area contributed by atoms with Gasteiger partial charge in [-0.25, -0.2) is 0 Å². The number of ether oxygens (including phenoxy) is 1. The van der Waals surface area contributed by atoms with Gasteiger partial charge in [0.1, 0.15) is 6.10 Å². The molecule has 0 aliphatic heterocycles. The molecule has 2 unspecified atom stereocenters. The van der Waals surface area contributed by atoms with Gasteiger partial charge in [-0.05, 0) is 12.8 Å². The standard InChI is InChI=1S/C8H11NO2/c1-6(10)11-8-3-2-7(4-8)5-9/h7-8H,2-4H2,1H3. The van der Waals surface area contributed by atoms with Gasteiger partial charge in [0.2, 0.25) is 0 Å². The zero-order chi connectivity index (χ0) is 8.27. The SMILES string of the molecule is CC(=O)OC1CCC(C#N)C1. The molecule has 1 fully saturated rings. The first-order chi connectivity index (χ1) is 5.22. The van der Waals surface area contributed by atoms with E-state index in [1.54, 1.807) is 0 Å². The second-order valence-corrected chi connectivity index (χ2v) is 2.87. The number of esters is 1. The Balaban J connectivity index is 2.31. The van der Waals surface area contributed by atoms with Gasteiger partial charge in [0.05, 0.1) is 6.07 Å². The van der Waals surface area contributed by atoms with Crippen LogP contribution in [0.2, 0.25) is 0 Å². The van der Waals surface area contributed by atoms with Crippen molar-refractivity contribution in [3.8, 4) is 6.07 Å². The molecule has 0 radical (unpaired) electrons. The smallest absolute Gasteiger partial charge is 0.302 e. The van der Waals surface area contributed by atoms with Gasteiger partial charge in [-0.1, -0.05) is 0 Å². The molecule has 0 bridgehead atoms. The maximum Gasteiger partial charge on any atom is 0.302 e. The number of carbonyl (C=O) groups excluding carboxylic acids is 1. The lowest BCUT2D eigenvalue weighted by atomic mass is 10.1. The predicted octanol–water partition coefficient (Wildman–Crippen LogP) is 1.24. The Morgan fingerprint density at radius 2 is 2.36 bits per heavy atom. The summed E-state index contributed by atoms with van der Waals surface area (Å²) in [5, 5.41) is 8.53.